The van der Waals surface area contributed by atoms with Crippen molar-refractivity contribution in [3.8, 4) is 0 Å². The highest BCUT2D eigenvalue weighted by atomic mass is 31.2. The number of ether oxygens (including phenoxy) is 1. The van der Waals surface area contributed by atoms with Gasteiger partial charge in [-0.25, -0.2) is 24.3 Å². The Labute approximate surface area is 172 Å². The molecule has 1 fully saturated rings. The van der Waals surface area contributed by atoms with Crippen LogP contribution < -0.4 is 5.32 Å². The molecule has 2 aromatic rings. The SMILES string of the molecule is O=C(O)C[C@H](Nc1ncnc2c1ncn2[C@H]1O[C@H](COP(=O)(O)O)[C@@H](O)[C@H]1O)C(=O)O. The summed E-state index contributed by atoms with van der Waals surface area (Å²) in [5.74, 6) is -2.87. The Kier molecular flexibility index (Phi) is 6.51. The number of carbonyl (C=O) groups is 2. The van der Waals surface area contributed by atoms with Crippen molar-refractivity contribution < 1.29 is 53.6 Å². The number of anilines is 1. The lowest BCUT2D eigenvalue weighted by Crippen LogP contribution is -2.33. The Morgan fingerprint density at radius 2 is 1.94 bits per heavy atom. The van der Waals surface area contributed by atoms with Crippen LogP contribution in [-0.2, 0) is 23.4 Å². The number of aliphatic hydroxyl groups excluding tert-OH is 2. The van der Waals surface area contributed by atoms with Gasteiger partial charge in [-0.1, -0.05) is 0 Å². The van der Waals surface area contributed by atoms with E-state index in [9.17, 15) is 29.5 Å². The molecule has 0 unspecified atom stereocenters. The molecular weight excluding hydrogens is 445 g/mol. The maximum absolute atomic E-state index is 11.3. The molecule has 17 heteroatoms. The zero-order valence-corrected chi connectivity index (χ0v) is 16.3. The van der Waals surface area contributed by atoms with Crippen molar-refractivity contribution in [3.05, 3.63) is 12.7 Å². The molecule has 3 rings (SSSR count). The fourth-order valence-corrected chi connectivity index (χ4v) is 3.29. The van der Waals surface area contributed by atoms with Crippen LogP contribution in [0.1, 0.15) is 12.6 Å². The first-order valence-electron chi connectivity index (χ1n) is 8.58. The fourth-order valence-electron chi connectivity index (χ4n) is 2.95. The lowest BCUT2D eigenvalue weighted by molar-refractivity contribution is -0.144. The third-order valence-electron chi connectivity index (χ3n) is 4.36. The molecule has 1 aliphatic rings. The van der Waals surface area contributed by atoms with Crippen LogP contribution >= 0.6 is 7.82 Å². The number of phosphoric acid groups is 1. The predicted octanol–water partition coefficient (Wildman–Crippen LogP) is -2.11. The van der Waals surface area contributed by atoms with E-state index >= 15 is 0 Å². The van der Waals surface area contributed by atoms with Gasteiger partial charge in [0.25, 0.3) is 0 Å². The molecule has 0 radical (unpaired) electrons. The summed E-state index contributed by atoms with van der Waals surface area (Å²) in [6.07, 6.45) is -4.20. The Balaban J connectivity index is 1.86. The normalized spacial score (nSPS) is 24.9. The standard InChI is InChI=1S/C14H18N5O11P/c20-7(21)1-5(14(24)25)18-11-8-12(16-3-15-11)19(4-17-8)13-10(23)9(22)6(30-13)2-29-31(26,27)28/h3-6,9-10,13,22-23H,1-2H2,(H,20,21)(H,24,25)(H,15,16,18)(H2,26,27,28)/t5-,6+,9+,10+,13-/m0/s1. The number of nitrogens with one attached hydrogen (secondary N) is 1. The van der Waals surface area contributed by atoms with Crippen LogP contribution in [0.5, 0.6) is 0 Å². The summed E-state index contributed by atoms with van der Waals surface area (Å²) in [5.41, 5.74) is 0.0733. The summed E-state index contributed by atoms with van der Waals surface area (Å²) in [6.45, 7) is -0.705. The van der Waals surface area contributed by atoms with Gasteiger partial charge in [0.05, 0.1) is 19.4 Å². The summed E-state index contributed by atoms with van der Waals surface area (Å²) in [4.78, 5) is 51.6. The van der Waals surface area contributed by atoms with Crippen LogP contribution in [0.15, 0.2) is 12.7 Å². The van der Waals surface area contributed by atoms with Gasteiger partial charge in [-0.15, -0.1) is 0 Å². The molecule has 0 spiro atoms. The highest BCUT2D eigenvalue weighted by molar-refractivity contribution is 7.46. The Morgan fingerprint density at radius 1 is 1.23 bits per heavy atom. The van der Waals surface area contributed by atoms with E-state index in [1.54, 1.807) is 0 Å². The summed E-state index contributed by atoms with van der Waals surface area (Å²) in [5, 5.41) is 40.9. The van der Waals surface area contributed by atoms with Crippen LogP contribution in [0.3, 0.4) is 0 Å². The highest BCUT2D eigenvalue weighted by Crippen LogP contribution is 2.39. The number of aliphatic carboxylic acids is 2. The van der Waals surface area contributed by atoms with Gasteiger partial charge in [0, 0.05) is 0 Å². The molecule has 2 aromatic heterocycles. The average Bonchev–Trinajstić information content (AvgIpc) is 3.21. The number of carboxylic acid groups (broad SMARTS) is 2. The third kappa shape index (κ3) is 5.13. The number of aromatic nitrogens is 4. The van der Waals surface area contributed by atoms with E-state index in [0.29, 0.717) is 0 Å². The number of hydrogen-bond acceptors (Lipinski definition) is 11. The molecular formula is C14H18N5O11P. The smallest absolute Gasteiger partial charge is 0.469 e. The Bertz CT molecular complexity index is 1030. The molecule has 0 aromatic carbocycles. The number of phosphoric ester groups is 1. The van der Waals surface area contributed by atoms with Gasteiger partial charge in [-0.3, -0.25) is 13.9 Å². The van der Waals surface area contributed by atoms with Crippen molar-refractivity contribution >= 4 is 36.7 Å². The van der Waals surface area contributed by atoms with E-state index in [4.69, 9.17) is 19.6 Å². The summed E-state index contributed by atoms with van der Waals surface area (Å²) >= 11 is 0. The summed E-state index contributed by atoms with van der Waals surface area (Å²) in [7, 11) is -4.83. The van der Waals surface area contributed by atoms with Gasteiger partial charge in [-0.05, 0) is 0 Å². The molecule has 7 N–H and O–H groups in total. The molecule has 0 saturated carbocycles. The zero-order valence-electron chi connectivity index (χ0n) is 15.4. The van der Waals surface area contributed by atoms with Gasteiger partial charge in [0.1, 0.15) is 30.7 Å². The van der Waals surface area contributed by atoms with E-state index in [1.165, 1.54) is 4.57 Å². The Morgan fingerprint density at radius 3 is 2.55 bits per heavy atom. The number of rotatable bonds is 9. The number of nitrogens with zero attached hydrogens (tertiary/aromatic N) is 4. The minimum atomic E-state index is -4.83. The van der Waals surface area contributed by atoms with Crippen molar-refractivity contribution in [3.63, 3.8) is 0 Å². The first kappa shape index (κ1) is 23.0. The third-order valence-corrected chi connectivity index (χ3v) is 4.85. The van der Waals surface area contributed by atoms with Crippen LogP contribution in [0.25, 0.3) is 11.2 Å². The number of carboxylic acids is 2. The van der Waals surface area contributed by atoms with Crippen LogP contribution in [-0.4, -0.2) is 92.6 Å². The zero-order chi connectivity index (χ0) is 22.9. The van der Waals surface area contributed by atoms with Gasteiger partial charge >= 0.3 is 19.8 Å². The van der Waals surface area contributed by atoms with Crippen LogP contribution in [0, 0.1) is 0 Å². The van der Waals surface area contributed by atoms with Crippen molar-refractivity contribution in [1.82, 2.24) is 19.5 Å². The van der Waals surface area contributed by atoms with E-state index in [1.807, 2.05) is 0 Å². The number of hydrogen-bond donors (Lipinski definition) is 7. The lowest BCUT2D eigenvalue weighted by atomic mass is 10.1. The second kappa shape index (κ2) is 8.80. The number of imidazole rings is 1. The van der Waals surface area contributed by atoms with Crippen LogP contribution in [0.4, 0.5) is 5.82 Å². The largest absolute Gasteiger partial charge is 0.481 e. The lowest BCUT2D eigenvalue weighted by Gasteiger charge is -2.17. The predicted molar refractivity (Wildman–Crippen MR) is 96.5 cm³/mol. The fraction of sp³-hybridized carbons (Fsp3) is 0.500. The van der Waals surface area contributed by atoms with Gasteiger partial charge in [0.15, 0.2) is 23.2 Å². The second-order valence-corrected chi connectivity index (χ2v) is 7.75. The molecule has 5 atom stereocenters. The molecule has 31 heavy (non-hydrogen) atoms. The second-order valence-electron chi connectivity index (χ2n) is 6.51. The van der Waals surface area contributed by atoms with Gasteiger partial charge in [0.2, 0.25) is 0 Å². The molecule has 3 heterocycles. The molecule has 0 bridgehead atoms. The maximum Gasteiger partial charge on any atom is 0.469 e. The van der Waals surface area contributed by atoms with E-state index in [0.717, 1.165) is 12.7 Å². The van der Waals surface area contributed by atoms with Crippen molar-refractivity contribution in [1.29, 1.82) is 0 Å². The van der Waals surface area contributed by atoms with E-state index < -0.39 is 63.4 Å². The molecule has 0 aliphatic carbocycles. The summed E-state index contributed by atoms with van der Waals surface area (Å²) in [6, 6.07) is -1.51. The first-order valence-corrected chi connectivity index (χ1v) is 10.1. The minimum Gasteiger partial charge on any atom is -0.481 e. The minimum absolute atomic E-state index is 0.0272. The average molecular weight is 463 g/mol. The molecule has 1 aliphatic heterocycles. The molecule has 16 nitrogen and oxygen atoms in total. The first-order chi connectivity index (χ1) is 14.5. The Hall–Kier alpha value is -2.72. The number of fused-ring (bicyclic) bond motifs is 1. The van der Waals surface area contributed by atoms with Crippen molar-refractivity contribution in [2.75, 3.05) is 11.9 Å². The highest BCUT2D eigenvalue weighted by Gasteiger charge is 2.45. The number of aliphatic hydroxyl groups is 2. The molecule has 1 saturated heterocycles. The monoisotopic (exact) mass is 463 g/mol. The van der Waals surface area contributed by atoms with Crippen molar-refractivity contribution in [2.24, 2.45) is 0 Å². The maximum atomic E-state index is 11.3. The summed E-state index contributed by atoms with van der Waals surface area (Å²) < 4.78 is 21.8. The molecule has 170 valence electrons. The van der Waals surface area contributed by atoms with E-state index in [-0.39, 0.29) is 17.0 Å². The van der Waals surface area contributed by atoms with Gasteiger partial charge in [-0.2, -0.15) is 0 Å². The van der Waals surface area contributed by atoms with E-state index in [2.05, 4.69) is 24.8 Å². The molecule has 0 amide bonds. The quantitative estimate of drug-likeness (QED) is 0.197. The van der Waals surface area contributed by atoms with Gasteiger partial charge < -0.3 is 40.3 Å². The van der Waals surface area contributed by atoms with Crippen molar-refractivity contribution in [2.45, 2.75) is 37.0 Å². The topological polar surface area (TPSA) is 247 Å². The van der Waals surface area contributed by atoms with Crippen LogP contribution in [0.2, 0.25) is 0 Å².